The van der Waals surface area contributed by atoms with Crippen LogP contribution >= 0.6 is 0 Å². The maximum atomic E-state index is 12.6. The van der Waals surface area contributed by atoms with E-state index in [1.807, 2.05) is 0 Å². The predicted octanol–water partition coefficient (Wildman–Crippen LogP) is 2.76. The van der Waals surface area contributed by atoms with Gasteiger partial charge in [0.2, 0.25) is 0 Å². The number of esters is 1. The summed E-state index contributed by atoms with van der Waals surface area (Å²) < 4.78 is 48.0. The maximum Gasteiger partial charge on any atom is 0.491 e. The molecule has 0 amide bonds. The van der Waals surface area contributed by atoms with Crippen LogP contribution in [0, 0.1) is 0 Å². The third-order valence-corrected chi connectivity index (χ3v) is 4.64. The lowest BCUT2D eigenvalue weighted by atomic mass is 10.0. The zero-order valence-electron chi connectivity index (χ0n) is 13.6. The number of halogens is 3. The first-order valence-corrected chi connectivity index (χ1v) is 8.37. The summed E-state index contributed by atoms with van der Waals surface area (Å²) in [6.45, 7) is 0. The van der Waals surface area contributed by atoms with Gasteiger partial charge in [-0.2, -0.15) is 13.2 Å². The fraction of sp³-hybridized carbons (Fsp3) is 0.471. The highest BCUT2D eigenvalue weighted by molar-refractivity contribution is 5.80. The Morgan fingerprint density at radius 2 is 1.62 bits per heavy atom. The Morgan fingerprint density at radius 1 is 1.04 bits per heavy atom. The Morgan fingerprint density at radius 3 is 2.19 bits per heavy atom. The number of hydrogen-bond donors (Lipinski definition) is 1. The number of alkyl halides is 3. The van der Waals surface area contributed by atoms with Gasteiger partial charge in [0.15, 0.2) is 0 Å². The first kappa shape index (κ1) is 17.0. The molecule has 1 aromatic carbocycles. The van der Waals surface area contributed by atoms with Gasteiger partial charge in [-0.25, -0.2) is 14.8 Å². The molecule has 0 spiro atoms. The number of carbonyl (C=O) groups excluding carboxylic acids is 1. The lowest BCUT2D eigenvalue weighted by molar-refractivity contribution is -0.190. The first-order chi connectivity index (χ1) is 12.4. The molecule has 138 valence electrons. The second-order valence-electron chi connectivity index (χ2n) is 6.56. The number of carbonyl (C=O) groups is 1. The molecule has 1 N–H and O–H groups in total. The summed E-state index contributed by atoms with van der Waals surface area (Å²) in [5.41, 5.74) is 0.765. The highest BCUT2D eigenvalue weighted by Crippen LogP contribution is 2.33. The molecule has 2 fully saturated rings. The number of aromatic nitrogens is 2. The summed E-state index contributed by atoms with van der Waals surface area (Å²) in [6, 6.07) is 7.28. The van der Waals surface area contributed by atoms with Gasteiger partial charge < -0.3 is 14.8 Å². The molecule has 9 heteroatoms. The predicted molar refractivity (Wildman–Crippen MR) is 84.8 cm³/mol. The van der Waals surface area contributed by atoms with Crippen LogP contribution in [0.3, 0.4) is 0 Å². The summed E-state index contributed by atoms with van der Waals surface area (Å²) in [7, 11) is 0. The molecule has 26 heavy (non-hydrogen) atoms. The summed E-state index contributed by atoms with van der Waals surface area (Å²) in [5.74, 6) is -3.10. The molecule has 2 aliphatic heterocycles. The Labute approximate surface area is 146 Å². The monoisotopic (exact) mass is 367 g/mol. The van der Waals surface area contributed by atoms with Gasteiger partial charge in [-0.1, -0.05) is 12.1 Å². The number of para-hydroxylation sites is 2. The van der Waals surface area contributed by atoms with E-state index in [-0.39, 0.29) is 12.0 Å². The Balaban J connectivity index is 1.64. The minimum absolute atomic E-state index is 0.187. The van der Waals surface area contributed by atoms with E-state index in [0.717, 1.165) is 25.7 Å². The molecule has 2 atom stereocenters. The lowest BCUT2D eigenvalue weighted by Crippen LogP contribution is -2.42. The topological polar surface area (TPSA) is 73.3 Å². The van der Waals surface area contributed by atoms with Crippen molar-refractivity contribution in [2.75, 3.05) is 0 Å². The summed E-state index contributed by atoms with van der Waals surface area (Å²) in [6.07, 6.45) is -1.81. The van der Waals surface area contributed by atoms with E-state index in [1.54, 1.807) is 24.3 Å². The highest BCUT2D eigenvalue weighted by Gasteiger charge is 2.43. The van der Waals surface area contributed by atoms with E-state index in [9.17, 15) is 18.0 Å². The van der Waals surface area contributed by atoms with Gasteiger partial charge in [0.25, 0.3) is 11.8 Å². The van der Waals surface area contributed by atoms with Crippen molar-refractivity contribution >= 4 is 17.0 Å². The van der Waals surface area contributed by atoms with Crippen LogP contribution in [0.15, 0.2) is 24.3 Å². The number of hydrogen-bond acceptors (Lipinski definition) is 6. The molecule has 0 radical (unpaired) electrons. The maximum absolute atomic E-state index is 12.6. The molecule has 2 aliphatic rings. The highest BCUT2D eigenvalue weighted by atomic mass is 19.4. The second kappa shape index (κ2) is 6.39. The van der Waals surface area contributed by atoms with Crippen LogP contribution in [0.5, 0.6) is 11.8 Å². The minimum atomic E-state index is -5.13. The van der Waals surface area contributed by atoms with Crippen LogP contribution in [0.4, 0.5) is 13.2 Å². The van der Waals surface area contributed by atoms with E-state index in [0.29, 0.717) is 23.1 Å². The number of ether oxygens (including phenoxy) is 2. The van der Waals surface area contributed by atoms with Crippen molar-refractivity contribution in [3.8, 4) is 11.8 Å². The molecule has 2 unspecified atom stereocenters. The average Bonchev–Trinajstić information content (AvgIpc) is 2.93. The van der Waals surface area contributed by atoms with Gasteiger partial charge in [-0.05, 0) is 37.8 Å². The summed E-state index contributed by atoms with van der Waals surface area (Å²) in [5, 5.41) is 3.45. The summed E-state index contributed by atoms with van der Waals surface area (Å²) in [4.78, 5) is 19.5. The lowest BCUT2D eigenvalue weighted by Gasteiger charge is -2.29. The molecular weight excluding hydrogens is 351 g/mol. The number of piperidine rings is 1. The zero-order chi connectivity index (χ0) is 18.3. The Hall–Kier alpha value is -2.42. The molecule has 6 nitrogen and oxygen atoms in total. The summed E-state index contributed by atoms with van der Waals surface area (Å²) >= 11 is 0. The van der Waals surface area contributed by atoms with E-state index < -0.39 is 18.0 Å². The molecule has 3 heterocycles. The largest absolute Gasteiger partial charge is 0.491 e. The SMILES string of the molecule is O=C(Oc1nc2ccccc2nc1OC1CC2CCC(C1)N2)C(F)(F)F. The minimum Gasteiger partial charge on any atom is -0.470 e. The van der Waals surface area contributed by atoms with Crippen LogP contribution in [0.1, 0.15) is 25.7 Å². The first-order valence-electron chi connectivity index (χ1n) is 8.37. The van der Waals surface area contributed by atoms with E-state index in [4.69, 9.17) is 4.74 Å². The van der Waals surface area contributed by atoms with Gasteiger partial charge in [0, 0.05) is 12.1 Å². The normalized spacial score (nSPS) is 25.3. The third-order valence-electron chi connectivity index (χ3n) is 4.64. The van der Waals surface area contributed by atoms with Gasteiger partial charge in [0.05, 0.1) is 11.0 Å². The van der Waals surface area contributed by atoms with E-state index in [2.05, 4.69) is 20.0 Å². The fourth-order valence-corrected chi connectivity index (χ4v) is 3.52. The Kier molecular flexibility index (Phi) is 4.18. The van der Waals surface area contributed by atoms with Gasteiger partial charge in [0.1, 0.15) is 6.10 Å². The smallest absolute Gasteiger partial charge is 0.470 e. The molecule has 2 aromatic rings. The van der Waals surface area contributed by atoms with Crippen LogP contribution in [-0.4, -0.2) is 40.3 Å². The van der Waals surface area contributed by atoms with Gasteiger partial charge >= 0.3 is 12.1 Å². The molecule has 0 aliphatic carbocycles. The quantitative estimate of drug-likeness (QED) is 0.841. The van der Waals surface area contributed by atoms with Crippen molar-refractivity contribution in [3.63, 3.8) is 0 Å². The molecule has 0 saturated carbocycles. The van der Waals surface area contributed by atoms with Crippen LogP contribution in [0.25, 0.3) is 11.0 Å². The zero-order valence-corrected chi connectivity index (χ0v) is 13.6. The van der Waals surface area contributed by atoms with Crippen molar-refractivity contribution in [2.45, 2.75) is 50.0 Å². The fourth-order valence-electron chi connectivity index (χ4n) is 3.52. The molecule has 2 bridgehead atoms. The number of nitrogens with one attached hydrogen (secondary N) is 1. The molecule has 4 rings (SSSR count). The van der Waals surface area contributed by atoms with Crippen molar-refractivity contribution in [3.05, 3.63) is 24.3 Å². The number of fused-ring (bicyclic) bond motifs is 3. The van der Waals surface area contributed by atoms with Crippen LogP contribution in [0.2, 0.25) is 0 Å². The Bertz CT molecular complexity index is 831. The van der Waals surface area contributed by atoms with Crippen molar-refractivity contribution in [1.29, 1.82) is 0 Å². The molecule has 2 saturated heterocycles. The van der Waals surface area contributed by atoms with E-state index >= 15 is 0 Å². The van der Waals surface area contributed by atoms with Crippen molar-refractivity contribution < 1.29 is 27.4 Å². The van der Waals surface area contributed by atoms with Crippen LogP contribution < -0.4 is 14.8 Å². The number of nitrogens with zero attached hydrogens (tertiary/aromatic N) is 2. The molecule has 1 aromatic heterocycles. The van der Waals surface area contributed by atoms with E-state index in [1.165, 1.54) is 0 Å². The van der Waals surface area contributed by atoms with Crippen molar-refractivity contribution in [1.82, 2.24) is 15.3 Å². The number of rotatable bonds is 3. The average molecular weight is 367 g/mol. The number of benzene rings is 1. The van der Waals surface area contributed by atoms with Gasteiger partial charge in [-0.15, -0.1) is 0 Å². The van der Waals surface area contributed by atoms with Crippen LogP contribution in [-0.2, 0) is 4.79 Å². The van der Waals surface area contributed by atoms with Gasteiger partial charge in [-0.3, -0.25) is 0 Å². The van der Waals surface area contributed by atoms with Crippen molar-refractivity contribution in [2.24, 2.45) is 0 Å². The third kappa shape index (κ3) is 3.44. The standard InChI is InChI=1S/C17H16F3N3O3/c18-17(19,20)16(24)26-15-14(22-12-3-1-2-4-13(12)23-15)25-11-7-9-5-6-10(8-11)21-9/h1-4,9-11,21H,5-8H2. The molecular formula is C17H16F3N3O3. The second-order valence-corrected chi connectivity index (χ2v) is 6.56.